The summed E-state index contributed by atoms with van der Waals surface area (Å²) in [5.41, 5.74) is 2.87. The molecule has 0 saturated carbocycles. The Hall–Kier alpha value is -2.33. The van der Waals surface area contributed by atoms with Gasteiger partial charge in [-0.1, -0.05) is 35.9 Å². The molecule has 5 heteroatoms. The zero-order valence-corrected chi connectivity index (χ0v) is 11.4. The number of benzene rings is 1. The summed E-state index contributed by atoms with van der Waals surface area (Å²) in [5, 5.41) is 9.46. The number of hydrogen-bond acceptors (Lipinski definition) is 2. The minimum absolute atomic E-state index is 0.196. The molecule has 1 N–H and O–H groups in total. The van der Waals surface area contributed by atoms with Crippen LogP contribution in [0.4, 0.5) is 0 Å². The molecule has 20 heavy (non-hydrogen) atoms. The minimum Gasteiger partial charge on any atom is -0.478 e. The average molecular weight is 287 g/mol. The second-order valence-electron chi connectivity index (χ2n) is 4.52. The van der Waals surface area contributed by atoms with E-state index in [1.54, 1.807) is 16.7 Å². The summed E-state index contributed by atoms with van der Waals surface area (Å²) < 4.78 is 1.72. The lowest BCUT2D eigenvalue weighted by molar-refractivity contribution is 0.0696. The molecule has 0 aliphatic rings. The molecule has 0 radical (unpaired) electrons. The van der Waals surface area contributed by atoms with Crippen molar-refractivity contribution in [2.24, 2.45) is 0 Å². The second-order valence-corrected chi connectivity index (χ2v) is 4.88. The normalized spacial score (nSPS) is 10.9. The van der Waals surface area contributed by atoms with Gasteiger partial charge in [0.2, 0.25) is 0 Å². The van der Waals surface area contributed by atoms with Gasteiger partial charge in [-0.15, -0.1) is 0 Å². The number of carboxylic acid groups (broad SMARTS) is 1. The summed E-state index contributed by atoms with van der Waals surface area (Å²) in [6, 6.07) is 11.0. The fraction of sp³-hybridized carbons (Fsp3) is 0.0667. The van der Waals surface area contributed by atoms with Crippen molar-refractivity contribution in [3.05, 3.63) is 58.9 Å². The Morgan fingerprint density at radius 3 is 2.70 bits per heavy atom. The van der Waals surface area contributed by atoms with Gasteiger partial charge in [0, 0.05) is 11.8 Å². The summed E-state index contributed by atoms with van der Waals surface area (Å²) in [6.07, 6.45) is 1.54. The summed E-state index contributed by atoms with van der Waals surface area (Å²) in [6.45, 7) is 1.98. The molecule has 4 nitrogen and oxygen atoms in total. The fourth-order valence-electron chi connectivity index (χ4n) is 2.19. The monoisotopic (exact) mass is 286 g/mol. The Morgan fingerprint density at radius 2 is 2.00 bits per heavy atom. The van der Waals surface area contributed by atoms with E-state index in [-0.39, 0.29) is 5.56 Å². The van der Waals surface area contributed by atoms with E-state index in [2.05, 4.69) is 4.98 Å². The zero-order valence-electron chi connectivity index (χ0n) is 10.7. The Balaban J connectivity index is 2.33. The molecule has 0 fully saturated rings. The molecule has 0 unspecified atom stereocenters. The first-order chi connectivity index (χ1) is 9.58. The van der Waals surface area contributed by atoms with Gasteiger partial charge >= 0.3 is 5.97 Å². The zero-order chi connectivity index (χ0) is 14.3. The lowest BCUT2D eigenvalue weighted by Crippen LogP contribution is -1.99. The van der Waals surface area contributed by atoms with Gasteiger partial charge in [-0.3, -0.25) is 4.40 Å². The van der Waals surface area contributed by atoms with Crippen LogP contribution in [0.3, 0.4) is 0 Å². The van der Waals surface area contributed by atoms with Crippen molar-refractivity contribution >= 4 is 23.1 Å². The van der Waals surface area contributed by atoms with Crippen molar-refractivity contribution in [2.45, 2.75) is 6.92 Å². The van der Waals surface area contributed by atoms with Crippen molar-refractivity contribution in [3.8, 4) is 11.4 Å². The van der Waals surface area contributed by atoms with Crippen molar-refractivity contribution < 1.29 is 9.90 Å². The Kier molecular flexibility index (Phi) is 2.95. The number of aryl methyl sites for hydroxylation is 1. The topological polar surface area (TPSA) is 54.6 Å². The number of carbonyl (C=O) groups is 1. The smallest absolute Gasteiger partial charge is 0.337 e. The van der Waals surface area contributed by atoms with Crippen molar-refractivity contribution in [2.75, 3.05) is 0 Å². The first kappa shape index (κ1) is 12.7. The van der Waals surface area contributed by atoms with Gasteiger partial charge in [0.05, 0.1) is 11.1 Å². The number of fused-ring (bicyclic) bond motifs is 1. The minimum atomic E-state index is -0.979. The highest BCUT2D eigenvalue weighted by molar-refractivity contribution is 6.33. The molecular weight excluding hydrogens is 276 g/mol. The molecule has 0 atom stereocenters. The number of halogens is 1. The van der Waals surface area contributed by atoms with E-state index in [1.807, 2.05) is 31.2 Å². The van der Waals surface area contributed by atoms with E-state index in [4.69, 9.17) is 16.7 Å². The number of carboxylic acids is 1. The van der Waals surface area contributed by atoms with Gasteiger partial charge in [-0.25, -0.2) is 9.78 Å². The number of imidazole rings is 1. The first-order valence-corrected chi connectivity index (χ1v) is 6.42. The molecule has 0 saturated heterocycles. The molecule has 0 aliphatic heterocycles. The molecule has 0 amide bonds. The largest absolute Gasteiger partial charge is 0.478 e. The quantitative estimate of drug-likeness (QED) is 0.782. The molecule has 0 bridgehead atoms. The lowest BCUT2D eigenvalue weighted by atomic mass is 10.1. The molecule has 100 valence electrons. The van der Waals surface area contributed by atoms with Gasteiger partial charge < -0.3 is 5.11 Å². The number of hydrogen-bond donors (Lipinski definition) is 1. The molecule has 2 aromatic heterocycles. The van der Waals surface area contributed by atoms with E-state index in [9.17, 15) is 4.79 Å². The molecule has 0 spiro atoms. The Bertz CT molecular complexity index is 824. The summed E-state index contributed by atoms with van der Waals surface area (Å²) >= 11 is 6.13. The van der Waals surface area contributed by atoms with E-state index in [0.717, 1.165) is 11.1 Å². The van der Waals surface area contributed by atoms with Crippen LogP contribution in [0.1, 0.15) is 15.9 Å². The number of aromatic nitrogens is 2. The number of pyridine rings is 1. The highest BCUT2D eigenvalue weighted by atomic mass is 35.5. The number of nitrogens with zero attached hydrogens (tertiary/aromatic N) is 2. The van der Waals surface area contributed by atoms with Gasteiger partial charge in [0.25, 0.3) is 0 Å². The first-order valence-electron chi connectivity index (χ1n) is 6.05. The SMILES string of the molecule is Cc1ccccc1-c1nc(Cl)c2ccc(C(=O)O)cn12. The fourth-order valence-corrected chi connectivity index (χ4v) is 2.42. The molecule has 1 aromatic carbocycles. The molecule has 3 rings (SSSR count). The van der Waals surface area contributed by atoms with Crippen LogP contribution in [0, 0.1) is 6.92 Å². The predicted molar refractivity (Wildman–Crippen MR) is 77.3 cm³/mol. The van der Waals surface area contributed by atoms with Gasteiger partial charge in [-0.2, -0.15) is 0 Å². The predicted octanol–water partition coefficient (Wildman–Crippen LogP) is 3.66. The van der Waals surface area contributed by atoms with E-state index < -0.39 is 5.97 Å². The summed E-state index contributed by atoms with van der Waals surface area (Å²) in [5.74, 6) is -0.335. The van der Waals surface area contributed by atoms with Gasteiger partial charge in [0.15, 0.2) is 5.15 Å². The third-order valence-electron chi connectivity index (χ3n) is 3.23. The van der Waals surface area contributed by atoms with Crippen LogP contribution in [0.25, 0.3) is 16.9 Å². The van der Waals surface area contributed by atoms with Crippen LogP contribution in [0.2, 0.25) is 5.15 Å². The van der Waals surface area contributed by atoms with Crippen LogP contribution in [0.15, 0.2) is 42.6 Å². The maximum absolute atomic E-state index is 11.1. The number of rotatable bonds is 2. The van der Waals surface area contributed by atoms with Crippen LogP contribution in [0.5, 0.6) is 0 Å². The van der Waals surface area contributed by atoms with Crippen LogP contribution >= 0.6 is 11.6 Å². The standard InChI is InChI=1S/C15H11ClN2O2/c1-9-4-2-3-5-11(9)14-17-13(16)12-7-6-10(15(19)20)8-18(12)14/h2-8H,1H3,(H,19,20). The Morgan fingerprint density at radius 1 is 1.25 bits per heavy atom. The highest BCUT2D eigenvalue weighted by Gasteiger charge is 2.14. The van der Waals surface area contributed by atoms with E-state index >= 15 is 0 Å². The summed E-state index contributed by atoms with van der Waals surface area (Å²) in [4.78, 5) is 15.5. The van der Waals surface area contributed by atoms with Gasteiger partial charge in [-0.05, 0) is 24.6 Å². The average Bonchev–Trinajstić information content (AvgIpc) is 2.76. The molecule has 3 aromatic rings. The van der Waals surface area contributed by atoms with Gasteiger partial charge in [0.1, 0.15) is 5.82 Å². The summed E-state index contributed by atoms with van der Waals surface area (Å²) in [7, 11) is 0. The van der Waals surface area contributed by atoms with Crippen LogP contribution in [-0.2, 0) is 0 Å². The number of aromatic carboxylic acids is 1. The maximum atomic E-state index is 11.1. The van der Waals surface area contributed by atoms with Crippen molar-refractivity contribution in [1.29, 1.82) is 0 Å². The highest BCUT2D eigenvalue weighted by Crippen LogP contribution is 2.28. The van der Waals surface area contributed by atoms with E-state index in [0.29, 0.717) is 16.5 Å². The molecule has 2 heterocycles. The van der Waals surface area contributed by atoms with Crippen LogP contribution < -0.4 is 0 Å². The lowest BCUT2D eigenvalue weighted by Gasteiger charge is -2.05. The van der Waals surface area contributed by atoms with Crippen molar-refractivity contribution in [1.82, 2.24) is 9.38 Å². The Labute approximate surface area is 120 Å². The third kappa shape index (κ3) is 1.94. The van der Waals surface area contributed by atoms with E-state index in [1.165, 1.54) is 6.07 Å². The third-order valence-corrected chi connectivity index (χ3v) is 3.50. The molecular formula is C15H11ClN2O2. The maximum Gasteiger partial charge on any atom is 0.337 e. The van der Waals surface area contributed by atoms with Crippen LogP contribution in [-0.4, -0.2) is 20.5 Å². The second kappa shape index (κ2) is 4.65. The van der Waals surface area contributed by atoms with Crippen molar-refractivity contribution in [3.63, 3.8) is 0 Å². The molecule has 0 aliphatic carbocycles.